The van der Waals surface area contributed by atoms with Crippen LogP contribution in [0, 0.1) is 0 Å². The molecule has 0 saturated carbocycles. The van der Waals surface area contributed by atoms with E-state index >= 15 is 0 Å². The second-order valence-corrected chi connectivity index (χ2v) is 9.70. The molecule has 1 atom stereocenters. The largest absolute Gasteiger partial charge is 0.324 e. The van der Waals surface area contributed by atoms with Gasteiger partial charge in [-0.2, -0.15) is 0 Å². The van der Waals surface area contributed by atoms with Gasteiger partial charge in [0.2, 0.25) is 7.37 Å². The average Bonchev–Trinajstić information content (AvgIpc) is 2.76. The molecular formula is C25H30NO2P. The first-order valence-electron chi connectivity index (χ1n) is 10.3. The van der Waals surface area contributed by atoms with Gasteiger partial charge in [-0.05, 0) is 29.7 Å². The van der Waals surface area contributed by atoms with E-state index in [2.05, 4.69) is 36.1 Å². The van der Waals surface area contributed by atoms with Crippen LogP contribution in [-0.2, 0) is 22.2 Å². The highest BCUT2D eigenvalue weighted by molar-refractivity contribution is 7.66. The fraction of sp³-hybridized carbons (Fsp3) is 0.280. The highest BCUT2D eigenvalue weighted by Gasteiger charge is 2.29. The number of benzene rings is 3. The van der Waals surface area contributed by atoms with Gasteiger partial charge in [0.15, 0.2) is 0 Å². The molecule has 0 spiro atoms. The molecule has 29 heavy (non-hydrogen) atoms. The molecule has 3 nitrogen and oxygen atoms in total. The van der Waals surface area contributed by atoms with Gasteiger partial charge in [-0.25, -0.2) is 0 Å². The lowest BCUT2D eigenvalue weighted by Crippen LogP contribution is -2.27. The van der Waals surface area contributed by atoms with Crippen molar-refractivity contribution >= 4 is 12.7 Å². The third-order valence-electron chi connectivity index (χ3n) is 4.83. The lowest BCUT2D eigenvalue weighted by atomic mass is 10.2. The molecule has 0 aliphatic carbocycles. The van der Waals surface area contributed by atoms with Gasteiger partial charge in [0.25, 0.3) is 0 Å². The summed E-state index contributed by atoms with van der Waals surface area (Å²) in [5, 5.41) is 0.794. The van der Waals surface area contributed by atoms with E-state index in [9.17, 15) is 4.57 Å². The highest BCUT2D eigenvalue weighted by atomic mass is 31.2. The summed E-state index contributed by atoms with van der Waals surface area (Å²) in [5.41, 5.74) is 2.41. The predicted octanol–water partition coefficient (Wildman–Crippen LogP) is 6.07. The average molecular weight is 407 g/mol. The summed E-state index contributed by atoms with van der Waals surface area (Å²) in [6, 6.07) is 30.4. The van der Waals surface area contributed by atoms with Gasteiger partial charge in [0, 0.05) is 18.4 Å². The van der Waals surface area contributed by atoms with Crippen molar-refractivity contribution in [3.63, 3.8) is 0 Å². The van der Waals surface area contributed by atoms with Crippen molar-refractivity contribution in [3.8, 4) is 0 Å². The number of rotatable bonds is 11. The van der Waals surface area contributed by atoms with Gasteiger partial charge >= 0.3 is 0 Å². The number of hydrogen-bond donors (Lipinski definition) is 0. The normalized spacial score (nSPS) is 13.3. The molecule has 3 rings (SSSR count). The Labute approximate surface area is 174 Å². The van der Waals surface area contributed by atoms with Crippen LogP contribution in [0.15, 0.2) is 91.0 Å². The van der Waals surface area contributed by atoms with Crippen molar-refractivity contribution in [1.82, 2.24) is 4.90 Å². The molecule has 0 heterocycles. The summed E-state index contributed by atoms with van der Waals surface area (Å²) in [5.74, 6) is 0. The number of nitrogens with zero attached hydrogens (tertiary/aromatic N) is 1. The van der Waals surface area contributed by atoms with E-state index < -0.39 is 7.37 Å². The van der Waals surface area contributed by atoms with Crippen LogP contribution in [0.25, 0.3) is 0 Å². The zero-order chi connectivity index (χ0) is 20.4. The van der Waals surface area contributed by atoms with Crippen molar-refractivity contribution < 1.29 is 9.09 Å². The van der Waals surface area contributed by atoms with Gasteiger partial charge in [0.1, 0.15) is 0 Å². The molecule has 3 aromatic rings. The molecule has 0 aliphatic rings. The Morgan fingerprint density at radius 3 is 1.72 bits per heavy atom. The van der Waals surface area contributed by atoms with Crippen LogP contribution in [0.4, 0.5) is 0 Å². The van der Waals surface area contributed by atoms with E-state index in [0.29, 0.717) is 12.9 Å². The van der Waals surface area contributed by atoms with Gasteiger partial charge in [0.05, 0.1) is 12.9 Å². The molecule has 0 radical (unpaired) electrons. The summed E-state index contributed by atoms with van der Waals surface area (Å²) in [6.45, 7) is 4.09. The highest BCUT2D eigenvalue weighted by Crippen LogP contribution is 2.47. The molecule has 3 aromatic carbocycles. The van der Waals surface area contributed by atoms with Crippen molar-refractivity contribution in [1.29, 1.82) is 0 Å². The zero-order valence-electron chi connectivity index (χ0n) is 17.1. The van der Waals surface area contributed by atoms with Crippen molar-refractivity contribution in [3.05, 3.63) is 102 Å². The Morgan fingerprint density at radius 1 is 0.759 bits per heavy atom. The quantitative estimate of drug-likeness (QED) is 0.286. The van der Waals surface area contributed by atoms with Crippen LogP contribution >= 0.6 is 7.37 Å². The van der Waals surface area contributed by atoms with Gasteiger partial charge in [-0.1, -0.05) is 92.2 Å². The van der Waals surface area contributed by atoms with Crippen LogP contribution < -0.4 is 5.30 Å². The fourth-order valence-corrected chi connectivity index (χ4v) is 5.48. The summed E-state index contributed by atoms with van der Waals surface area (Å²) in [7, 11) is -3.01. The number of unbranched alkanes of at least 4 members (excludes halogenated alkanes) is 1. The molecule has 0 bridgehead atoms. The standard InChI is InChI=1S/C25H30NO2P/c1-2-3-19-28-29(27,25-17-11-6-12-18-25)22-26(20-23-13-7-4-8-14-23)21-24-15-9-5-10-16-24/h4-18H,2-3,19-22H2,1H3. The summed E-state index contributed by atoms with van der Waals surface area (Å²) < 4.78 is 20.1. The van der Waals surface area contributed by atoms with E-state index in [1.807, 2.05) is 66.7 Å². The minimum absolute atomic E-state index is 0.393. The number of hydrogen-bond acceptors (Lipinski definition) is 3. The molecule has 1 unspecified atom stereocenters. The van der Waals surface area contributed by atoms with Crippen LogP contribution in [0.2, 0.25) is 0 Å². The Balaban J connectivity index is 1.86. The van der Waals surface area contributed by atoms with E-state index in [1.54, 1.807) is 0 Å². The molecule has 152 valence electrons. The van der Waals surface area contributed by atoms with Gasteiger partial charge in [-0.3, -0.25) is 9.46 Å². The third kappa shape index (κ3) is 6.68. The minimum atomic E-state index is -3.01. The van der Waals surface area contributed by atoms with Crippen molar-refractivity contribution in [2.75, 3.05) is 12.9 Å². The predicted molar refractivity (Wildman–Crippen MR) is 122 cm³/mol. The van der Waals surface area contributed by atoms with Crippen LogP contribution in [0.1, 0.15) is 30.9 Å². The topological polar surface area (TPSA) is 29.5 Å². The fourth-order valence-electron chi connectivity index (χ4n) is 3.31. The summed E-state index contributed by atoms with van der Waals surface area (Å²) >= 11 is 0. The monoisotopic (exact) mass is 407 g/mol. The minimum Gasteiger partial charge on any atom is -0.324 e. The third-order valence-corrected chi connectivity index (χ3v) is 7.29. The maximum atomic E-state index is 14.0. The lowest BCUT2D eigenvalue weighted by molar-refractivity contribution is 0.260. The molecule has 4 heteroatoms. The first-order chi connectivity index (χ1) is 14.2. The lowest BCUT2D eigenvalue weighted by Gasteiger charge is -2.28. The summed E-state index contributed by atoms with van der Waals surface area (Å²) in [4.78, 5) is 2.24. The molecule has 0 fully saturated rings. The van der Waals surface area contributed by atoms with E-state index in [1.165, 1.54) is 11.1 Å². The first-order valence-corrected chi connectivity index (χ1v) is 12.1. The SMILES string of the molecule is CCCCOP(=O)(CN(Cc1ccccc1)Cc1ccccc1)c1ccccc1. The van der Waals surface area contributed by atoms with Crippen LogP contribution in [0.3, 0.4) is 0 Å². The second kappa shape index (κ2) is 11.1. The molecule has 0 aromatic heterocycles. The van der Waals surface area contributed by atoms with Crippen LogP contribution in [-0.4, -0.2) is 17.8 Å². The smallest absolute Gasteiger partial charge is 0.245 e. The molecule has 0 N–H and O–H groups in total. The molecule has 0 aliphatic heterocycles. The zero-order valence-corrected chi connectivity index (χ0v) is 18.0. The Kier molecular flexibility index (Phi) is 8.25. The van der Waals surface area contributed by atoms with Crippen molar-refractivity contribution in [2.24, 2.45) is 0 Å². The van der Waals surface area contributed by atoms with Gasteiger partial charge < -0.3 is 4.52 Å². The van der Waals surface area contributed by atoms with E-state index in [0.717, 1.165) is 31.2 Å². The van der Waals surface area contributed by atoms with Crippen molar-refractivity contribution in [2.45, 2.75) is 32.9 Å². The molecule has 0 amide bonds. The summed E-state index contributed by atoms with van der Waals surface area (Å²) in [6.07, 6.45) is 2.32. The maximum absolute atomic E-state index is 14.0. The van der Waals surface area contributed by atoms with Crippen LogP contribution in [0.5, 0.6) is 0 Å². The second-order valence-electron chi connectivity index (χ2n) is 7.30. The van der Waals surface area contributed by atoms with Gasteiger partial charge in [-0.15, -0.1) is 0 Å². The molecule has 0 saturated heterocycles. The Hall–Kier alpha value is -2.19. The van der Waals surface area contributed by atoms with E-state index in [-0.39, 0.29) is 0 Å². The Morgan fingerprint density at radius 2 is 1.24 bits per heavy atom. The van der Waals surface area contributed by atoms with E-state index in [4.69, 9.17) is 4.52 Å². The Bertz CT molecular complexity index is 843. The molecular weight excluding hydrogens is 377 g/mol. The first kappa shape index (κ1) is 21.5. The maximum Gasteiger partial charge on any atom is 0.245 e.